The SMILES string of the molecule is O=[N+]([O-])c1ccc([C@H]2Oc3ccc4ccccc4c3[C@@H]3c4ccccc4CCN32)cc1. The van der Waals surface area contributed by atoms with Gasteiger partial charge >= 0.3 is 0 Å². The number of nitrogens with zero attached hydrogens (tertiary/aromatic N) is 2. The quantitative estimate of drug-likeness (QED) is 0.311. The van der Waals surface area contributed by atoms with Gasteiger partial charge in [0.05, 0.1) is 11.0 Å². The van der Waals surface area contributed by atoms with Gasteiger partial charge in [0.25, 0.3) is 5.69 Å². The molecule has 0 aromatic heterocycles. The molecule has 4 aromatic rings. The van der Waals surface area contributed by atoms with E-state index in [1.165, 1.54) is 27.5 Å². The summed E-state index contributed by atoms with van der Waals surface area (Å²) in [5.74, 6) is 0.875. The number of nitro benzene ring substituents is 1. The van der Waals surface area contributed by atoms with E-state index in [0.717, 1.165) is 24.3 Å². The highest BCUT2D eigenvalue weighted by molar-refractivity contribution is 5.89. The van der Waals surface area contributed by atoms with E-state index in [1.807, 2.05) is 12.1 Å². The van der Waals surface area contributed by atoms with Crippen molar-refractivity contribution >= 4 is 16.5 Å². The van der Waals surface area contributed by atoms with Gasteiger partial charge < -0.3 is 4.74 Å². The summed E-state index contributed by atoms with van der Waals surface area (Å²) in [5, 5.41) is 13.5. The summed E-state index contributed by atoms with van der Waals surface area (Å²) in [4.78, 5) is 13.1. The lowest BCUT2D eigenvalue weighted by Gasteiger charge is -2.46. The summed E-state index contributed by atoms with van der Waals surface area (Å²) >= 11 is 0. The first-order valence-corrected chi connectivity index (χ1v) is 10.5. The first-order chi connectivity index (χ1) is 15.2. The van der Waals surface area contributed by atoms with E-state index in [2.05, 4.69) is 65.6 Å². The van der Waals surface area contributed by atoms with Crippen molar-refractivity contribution in [2.24, 2.45) is 0 Å². The fourth-order valence-corrected chi connectivity index (χ4v) is 5.03. The second-order valence-electron chi connectivity index (χ2n) is 8.11. The van der Waals surface area contributed by atoms with Crippen LogP contribution < -0.4 is 4.74 Å². The average Bonchev–Trinajstić information content (AvgIpc) is 2.83. The van der Waals surface area contributed by atoms with E-state index < -0.39 is 0 Å². The highest BCUT2D eigenvalue weighted by Crippen LogP contribution is 2.50. The minimum atomic E-state index is -0.368. The van der Waals surface area contributed by atoms with E-state index in [9.17, 15) is 10.1 Å². The molecule has 0 amide bonds. The first kappa shape index (κ1) is 18.1. The van der Waals surface area contributed by atoms with Crippen LogP contribution in [0, 0.1) is 10.1 Å². The predicted molar refractivity (Wildman–Crippen MR) is 119 cm³/mol. The Morgan fingerprint density at radius 3 is 2.52 bits per heavy atom. The van der Waals surface area contributed by atoms with Gasteiger partial charge in [-0.05, 0) is 46.5 Å². The molecular weight excluding hydrogens is 388 g/mol. The molecule has 0 N–H and O–H groups in total. The zero-order valence-corrected chi connectivity index (χ0v) is 16.8. The smallest absolute Gasteiger partial charge is 0.269 e. The number of non-ortho nitro benzene ring substituents is 1. The Bertz CT molecular complexity index is 1320. The maximum atomic E-state index is 11.1. The molecule has 152 valence electrons. The number of ether oxygens (including phenoxy) is 1. The molecule has 2 heterocycles. The van der Waals surface area contributed by atoms with Gasteiger partial charge in [0, 0.05) is 29.8 Å². The first-order valence-electron chi connectivity index (χ1n) is 10.5. The zero-order chi connectivity index (χ0) is 20.9. The number of fused-ring (bicyclic) bond motifs is 7. The van der Waals surface area contributed by atoms with Crippen molar-refractivity contribution in [2.45, 2.75) is 18.7 Å². The second-order valence-corrected chi connectivity index (χ2v) is 8.11. The Kier molecular flexibility index (Phi) is 4.04. The molecule has 5 heteroatoms. The molecule has 0 saturated heterocycles. The van der Waals surface area contributed by atoms with Crippen LogP contribution in [0.15, 0.2) is 84.9 Å². The average molecular weight is 408 g/mol. The normalized spacial score (nSPS) is 19.7. The molecule has 31 heavy (non-hydrogen) atoms. The highest BCUT2D eigenvalue weighted by atomic mass is 16.6. The lowest BCUT2D eigenvalue weighted by atomic mass is 9.84. The lowest BCUT2D eigenvalue weighted by Crippen LogP contribution is -2.44. The fourth-order valence-electron chi connectivity index (χ4n) is 5.03. The summed E-state index contributed by atoms with van der Waals surface area (Å²) in [7, 11) is 0. The molecule has 0 aliphatic carbocycles. The van der Waals surface area contributed by atoms with Crippen molar-refractivity contribution in [2.75, 3.05) is 6.54 Å². The van der Waals surface area contributed by atoms with E-state index in [4.69, 9.17) is 4.74 Å². The molecule has 0 bridgehead atoms. The Labute approximate surface area is 179 Å². The number of rotatable bonds is 2. The van der Waals surface area contributed by atoms with Gasteiger partial charge in [-0.3, -0.25) is 15.0 Å². The summed E-state index contributed by atoms with van der Waals surface area (Å²) < 4.78 is 6.57. The van der Waals surface area contributed by atoms with Crippen LogP contribution in [0.25, 0.3) is 10.8 Å². The van der Waals surface area contributed by atoms with Gasteiger partial charge in [-0.2, -0.15) is 0 Å². The third-order valence-corrected chi connectivity index (χ3v) is 6.45. The largest absolute Gasteiger partial charge is 0.470 e. The van der Waals surface area contributed by atoms with Crippen molar-refractivity contribution in [3.63, 3.8) is 0 Å². The summed E-state index contributed by atoms with van der Waals surface area (Å²) in [6, 6.07) is 28.0. The molecule has 0 unspecified atom stereocenters. The van der Waals surface area contributed by atoms with Crippen LogP contribution in [0.1, 0.15) is 34.5 Å². The second kappa shape index (κ2) is 6.93. The number of hydrogen-bond acceptors (Lipinski definition) is 4. The summed E-state index contributed by atoms with van der Waals surface area (Å²) in [5.41, 5.74) is 4.89. The van der Waals surface area contributed by atoms with Crippen molar-refractivity contribution < 1.29 is 9.66 Å². The number of benzene rings is 4. The minimum absolute atomic E-state index is 0.0694. The van der Waals surface area contributed by atoms with Crippen LogP contribution in [-0.4, -0.2) is 16.4 Å². The van der Waals surface area contributed by atoms with Gasteiger partial charge in [0.2, 0.25) is 0 Å². The maximum Gasteiger partial charge on any atom is 0.269 e. The van der Waals surface area contributed by atoms with Gasteiger partial charge in [-0.1, -0.05) is 54.6 Å². The monoisotopic (exact) mass is 408 g/mol. The Morgan fingerprint density at radius 2 is 1.68 bits per heavy atom. The van der Waals surface area contributed by atoms with Gasteiger partial charge in [-0.25, -0.2) is 0 Å². The standard InChI is InChI=1S/C26H20N2O3/c29-28(30)20-12-9-19(10-13-20)26-27-16-15-18-6-2-4-8-22(18)25(27)24-21-7-3-1-5-17(21)11-14-23(24)31-26/h1-14,25-26H,15-16H2/t25-,26+/m0/s1. The van der Waals surface area contributed by atoms with Gasteiger partial charge in [0.1, 0.15) is 5.75 Å². The minimum Gasteiger partial charge on any atom is -0.470 e. The molecule has 0 radical (unpaired) electrons. The molecule has 0 saturated carbocycles. The zero-order valence-electron chi connectivity index (χ0n) is 16.8. The van der Waals surface area contributed by atoms with Crippen molar-refractivity contribution in [1.82, 2.24) is 4.90 Å². The van der Waals surface area contributed by atoms with Gasteiger partial charge in [0.15, 0.2) is 6.23 Å². The highest BCUT2D eigenvalue weighted by Gasteiger charge is 2.41. The van der Waals surface area contributed by atoms with Crippen LogP contribution in [0.5, 0.6) is 5.75 Å². The van der Waals surface area contributed by atoms with Crippen LogP contribution in [0.3, 0.4) is 0 Å². The van der Waals surface area contributed by atoms with Crippen molar-refractivity contribution in [3.05, 3.63) is 117 Å². The van der Waals surface area contributed by atoms with E-state index in [-0.39, 0.29) is 22.9 Å². The van der Waals surface area contributed by atoms with E-state index >= 15 is 0 Å². The van der Waals surface area contributed by atoms with E-state index in [1.54, 1.807) is 12.1 Å². The van der Waals surface area contributed by atoms with Crippen LogP contribution >= 0.6 is 0 Å². The van der Waals surface area contributed by atoms with Crippen molar-refractivity contribution in [1.29, 1.82) is 0 Å². The molecule has 6 rings (SSSR count). The topological polar surface area (TPSA) is 55.6 Å². The fraction of sp³-hybridized carbons (Fsp3) is 0.154. The number of nitro groups is 1. The molecule has 2 aliphatic heterocycles. The predicted octanol–water partition coefficient (Wildman–Crippen LogP) is 5.79. The van der Waals surface area contributed by atoms with Crippen molar-refractivity contribution in [3.8, 4) is 5.75 Å². The maximum absolute atomic E-state index is 11.1. The van der Waals surface area contributed by atoms with E-state index in [0.29, 0.717) is 0 Å². The summed E-state index contributed by atoms with van der Waals surface area (Å²) in [6.07, 6.45) is 0.646. The Hall–Kier alpha value is -3.70. The third-order valence-electron chi connectivity index (χ3n) is 6.45. The number of hydrogen-bond donors (Lipinski definition) is 0. The molecule has 2 atom stereocenters. The molecule has 2 aliphatic rings. The molecular formula is C26H20N2O3. The Balaban J connectivity index is 1.56. The molecule has 0 spiro atoms. The van der Waals surface area contributed by atoms with Crippen LogP contribution in [0.4, 0.5) is 5.69 Å². The molecule has 0 fully saturated rings. The lowest BCUT2D eigenvalue weighted by molar-refractivity contribution is -0.384. The van der Waals surface area contributed by atoms with Gasteiger partial charge in [-0.15, -0.1) is 0 Å². The molecule has 5 nitrogen and oxygen atoms in total. The van der Waals surface area contributed by atoms with Crippen LogP contribution in [-0.2, 0) is 6.42 Å². The Morgan fingerprint density at radius 1 is 0.903 bits per heavy atom. The van der Waals surface area contributed by atoms with Crippen LogP contribution in [0.2, 0.25) is 0 Å². The summed E-state index contributed by atoms with van der Waals surface area (Å²) in [6.45, 7) is 0.853. The molecule has 4 aromatic carbocycles. The third kappa shape index (κ3) is 2.81.